The Hall–Kier alpha value is -1.99. The quantitative estimate of drug-likeness (QED) is 0.627. The lowest BCUT2D eigenvalue weighted by molar-refractivity contribution is 0.886. The molecule has 1 N–H and O–H groups in total. The van der Waals surface area contributed by atoms with Crippen LogP contribution < -0.4 is 5.32 Å². The molecule has 3 aromatic carbocycles. The summed E-state index contributed by atoms with van der Waals surface area (Å²) in [5.74, 6) is 0. The van der Waals surface area contributed by atoms with Crippen molar-refractivity contribution in [2.24, 2.45) is 0 Å². The summed E-state index contributed by atoms with van der Waals surface area (Å²) in [5, 5.41) is 6.79. The molecule has 0 aliphatic heterocycles. The lowest BCUT2D eigenvalue weighted by Crippen LogP contribution is -2.07. The van der Waals surface area contributed by atoms with Gasteiger partial charge in [-0.05, 0) is 53.9 Å². The molecule has 0 aliphatic carbocycles. The van der Waals surface area contributed by atoms with Gasteiger partial charge in [0.25, 0.3) is 0 Å². The minimum absolute atomic E-state index is 0.203. The third-order valence-corrected chi connectivity index (χ3v) is 4.10. The second-order valence-corrected chi connectivity index (χ2v) is 5.86. The molecule has 0 bridgehead atoms. The van der Waals surface area contributed by atoms with E-state index in [2.05, 4.69) is 67.7 Å². The highest BCUT2D eigenvalue weighted by Gasteiger charge is 2.08. The van der Waals surface area contributed by atoms with Crippen LogP contribution >= 0.6 is 11.6 Å². The summed E-state index contributed by atoms with van der Waals surface area (Å²) in [7, 11) is 0. The minimum atomic E-state index is 0.203. The summed E-state index contributed by atoms with van der Waals surface area (Å²) in [4.78, 5) is 0. The van der Waals surface area contributed by atoms with E-state index < -0.39 is 0 Å². The fourth-order valence-electron chi connectivity index (χ4n) is 2.54. The standard InChI is InChI=1S/C19H18ClN/c1-13-7-10-18(20)19(11-13)21-14(2)16-9-8-15-5-3-4-6-17(15)12-16/h3-12,14,21H,1-2H3. The Kier molecular flexibility index (Phi) is 3.85. The van der Waals surface area contributed by atoms with E-state index in [-0.39, 0.29) is 6.04 Å². The van der Waals surface area contributed by atoms with Crippen LogP contribution in [0.15, 0.2) is 60.7 Å². The molecule has 0 saturated carbocycles. The number of benzene rings is 3. The molecule has 0 fully saturated rings. The normalized spacial score (nSPS) is 12.3. The number of aryl methyl sites for hydroxylation is 1. The van der Waals surface area contributed by atoms with Gasteiger partial charge in [0.2, 0.25) is 0 Å². The zero-order valence-electron chi connectivity index (χ0n) is 12.2. The second-order valence-electron chi connectivity index (χ2n) is 5.46. The average Bonchev–Trinajstić information content (AvgIpc) is 2.50. The number of rotatable bonds is 3. The maximum Gasteiger partial charge on any atom is 0.0637 e. The Morgan fingerprint density at radius 2 is 1.67 bits per heavy atom. The highest BCUT2D eigenvalue weighted by Crippen LogP contribution is 2.28. The van der Waals surface area contributed by atoms with Crippen molar-refractivity contribution in [1.29, 1.82) is 0 Å². The van der Waals surface area contributed by atoms with Gasteiger partial charge >= 0.3 is 0 Å². The summed E-state index contributed by atoms with van der Waals surface area (Å²) >= 11 is 6.26. The molecule has 0 saturated heterocycles. The summed E-state index contributed by atoms with van der Waals surface area (Å²) in [6.07, 6.45) is 0. The Labute approximate surface area is 130 Å². The zero-order chi connectivity index (χ0) is 14.8. The van der Waals surface area contributed by atoms with E-state index in [1.165, 1.54) is 21.9 Å². The fourth-order valence-corrected chi connectivity index (χ4v) is 2.72. The average molecular weight is 296 g/mol. The molecule has 21 heavy (non-hydrogen) atoms. The SMILES string of the molecule is Cc1ccc(Cl)c(NC(C)c2ccc3ccccc3c2)c1. The molecular weight excluding hydrogens is 278 g/mol. The van der Waals surface area contributed by atoms with Gasteiger partial charge < -0.3 is 5.32 Å². The molecule has 2 heteroatoms. The van der Waals surface area contributed by atoms with Crippen molar-refractivity contribution in [3.05, 3.63) is 76.8 Å². The van der Waals surface area contributed by atoms with Crippen LogP contribution in [-0.4, -0.2) is 0 Å². The highest BCUT2D eigenvalue weighted by molar-refractivity contribution is 6.33. The lowest BCUT2D eigenvalue weighted by Gasteiger charge is -2.18. The van der Waals surface area contributed by atoms with Crippen molar-refractivity contribution in [2.45, 2.75) is 19.9 Å². The second kappa shape index (κ2) is 5.79. The van der Waals surface area contributed by atoms with Crippen molar-refractivity contribution >= 4 is 28.1 Å². The molecule has 0 spiro atoms. The Morgan fingerprint density at radius 3 is 2.48 bits per heavy atom. The maximum absolute atomic E-state index is 6.26. The molecule has 3 rings (SSSR count). The predicted molar refractivity (Wildman–Crippen MR) is 92.2 cm³/mol. The van der Waals surface area contributed by atoms with E-state index in [1.807, 2.05) is 12.1 Å². The number of halogens is 1. The van der Waals surface area contributed by atoms with Crippen molar-refractivity contribution < 1.29 is 0 Å². The highest BCUT2D eigenvalue weighted by atomic mass is 35.5. The van der Waals surface area contributed by atoms with Crippen LogP contribution in [0.3, 0.4) is 0 Å². The third kappa shape index (κ3) is 3.03. The van der Waals surface area contributed by atoms with Crippen molar-refractivity contribution in [2.75, 3.05) is 5.32 Å². The van der Waals surface area contributed by atoms with Gasteiger partial charge in [0.05, 0.1) is 10.7 Å². The number of anilines is 1. The van der Waals surface area contributed by atoms with Gasteiger partial charge in [-0.15, -0.1) is 0 Å². The number of hydrogen-bond acceptors (Lipinski definition) is 1. The summed E-state index contributed by atoms with van der Waals surface area (Å²) in [6.45, 7) is 4.23. The molecule has 1 nitrogen and oxygen atoms in total. The van der Waals surface area contributed by atoms with Crippen molar-refractivity contribution in [3.8, 4) is 0 Å². The van der Waals surface area contributed by atoms with Crippen LogP contribution in [0.25, 0.3) is 10.8 Å². The van der Waals surface area contributed by atoms with E-state index in [0.29, 0.717) is 0 Å². The number of nitrogens with one attached hydrogen (secondary N) is 1. The molecule has 0 radical (unpaired) electrons. The first-order chi connectivity index (χ1) is 10.1. The van der Waals surface area contributed by atoms with Gasteiger partial charge in [-0.25, -0.2) is 0 Å². The van der Waals surface area contributed by atoms with E-state index in [1.54, 1.807) is 0 Å². The number of hydrogen-bond donors (Lipinski definition) is 1. The summed E-state index contributed by atoms with van der Waals surface area (Å²) in [5.41, 5.74) is 3.44. The van der Waals surface area contributed by atoms with E-state index in [9.17, 15) is 0 Å². The fraction of sp³-hybridized carbons (Fsp3) is 0.158. The largest absolute Gasteiger partial charge is 0.377 e. The number of fused-ring (bicyclic) bond motifs is 1. The Bertz CT molecular complexity index is 779. The van der Waals surface area contributed by atoms with Gasteiger partial charge in [0.1, 0.15) is 0 Å². The topological polar surface area (TPSA) is 12.0 Å². The molecule has 0 aliphatic rings. The minimum Gasteiger partial charge on any atom is -0.377 e. The van der Waals surface area contributed by atoms with Gasteiger partial charge in [-0.1, -0.05) is 54.1 Å². The predicted octanol–water partition coefficient (Wildman–Crippen LogP) is 5.97. The zero-order valence-corrected chi connectivity index (χ0v) is 13.0. The molecule has 106 valence electrons. The molecule has 1 atom stereocenters. The van der Waals surface area contributed by atoms with Crippen LogP contribution in [0.2, 0.25) is 5.02 Å². The van der Waals surface area contributed by atoms with Crippen LogP contribution in [-0.2, 0) is 0 Å². The van der Waals surface area contributed by atoms with Crippen LogP contribution in [0.5, 0.6) is 0 Å². The molecule has 0 heterocycles. The van der Waals surface area contributed by atoms with Crippen LogP contribution in [0.1, 0.15) is 24.1 Å². The lowest BCUT2D eigenvalue weighted by atomic mass is 10.0. The smallest absolute Gasteiger partial charge is 0.0637 e. The maximum atomic E-state index is 6.26. The first-order valence-electron chi connectivity index (χ1n) is 7.15. The van der Waals surface area contributed by atoms with Crippen molar-refractivity contribution in [1.82, 2.24) is 0 Å². The molecule has 3 aromatic rings. The van der Waals surface area contributed by atoms with Gasteiger partial charge in [-0.3, -0.25) is 0 Å². The van der Waals surface area contributed by atoms with Crippen LogP contribution in [0.4, 0.5) is 5.69 Å². The van der Waals surface area contributed by atoms with Crippen molar-refractivity contribution in [3.63, 3.8) is 0 Å². The monoisotopic (exact) mass is 295 g/mol. The van der Waals surface area contributed by atoms with Crippen LogP contribution in [0, 0.1) is 6.92 Å². The van der Waals surface area contributed by atoms with Gasteiger partial charge in [0.15, 0.2) is 0 Å². The first-order valence-corrected chi connectivity index (χ1v) is 7.53. The molecule has 0 aromatic heterocycles. The summed E-state index contributed by atoms with van der Waals surface area (Å²) in [6, 6.07) is 21.2. The van der Waals surface area contributed by atoms with E-state index in [4.69, 9.17) is 11.6 Å². The van der Waals surface area contributed by atoms with E-state index in [0.717, 1.165) is 10.7 Å². The Balaban J connectivity index is 1.89. The van der Waals surface area contributed by atoms with E-state index >= 15 is 0 Å². The van der Waals surface area contributed by atoms with Gasteiger partial charge in [0, 0.05) is 6.04 Å². The summed E-state index contributed by atoms with van der Waals surface area (Å²) < 4.78 is 0. The molecular formula is C19H18ClN. The first kappa shape index (κ1) is 14.0. The third-order valence-electron chi connectivity index (χ3n) is 3.77. The van der Waals surface area contributed by atoms with Gasteiger partial charge in [-0.2, -0.15) is 0 Å². The Morgan fingerprint density at radius 1 is 0.905 bits per heavy atom. The molecule has 0 amide bonds. The molecule has 1 unspecified atom stereocenters.